The van der Waals surface area contributed by atoms with E-state index in [2.05, 4.69) is 43.7 Å². The van der Waals surface area contributed by atoms with Gasteiger partial charge in [-0.3, -0.25) is 14.7 Å². The van der Waals surface area contributed by atoms with Gasteiger partial charge in [-0.15, -0.1) is 11.3 Å². The van der Waals surface area contributed by atoms with Crippen molar-refractivity contribution in [2.75, 3.05) is 39.3 Å². The summed E-state index contributed by atoms with van der Waals surface area (Å²) in [5.74, 6) is 0. The van der Waals surface area contributed by atoms with Crippen LogP contribution >= 0.6 is 22.7 Å². The number of likely N-dealkylation sites (tertiary alicyclic amines) is 1. The lowest BCUT2D eigenvalue weighted by atomic mass is 10.1. The third-order valence-corrected chi connectivity index (χ3v) is 7.58. The zero-order valence-electron chi connectivity index (χ0n) is 16.1. The van der Waals surface area contributed by atoms with E-state index < -0.39 is 0 Å². The van der Waals surface area contributed by atoms with Crippen LogP contribution < -0.4 is 0 Å². The Kier molecular flexibility index (Phi) is 6.97. The predicted molar refractivity (Wildman–Crippen MR) is 114 cm³/mol. The number of aliphatic hydroxyl groups is 1. The van der Waals surface area contributed by atoms with Gasteiger partial charge in [0.1, 0.15) is 0 Å². The Morgan fingerprint density at radius 1 is 0.926 bits per heavy atom. The fourth-order valence-corrected chi connectivity index (χ4v) is 6.09. The van der Waals surface area contributed by atoms with Gasteiger partial charge >= 0.3 is 0 Å². The number of piperazine rings is 1. The van der Waals surface area contributed by atoms with Gasteiger partial charge in [-0.2, -0.15) is 11.3 Å². The van der Waals surface area contributed by atoms with Crippen LogP contribution in [0.4, 0.5) is 0 Å². The molecule has 0 radical (unpaired) electrons. The van der Waals surface area contributed by atoms with Crippen LogP contribution in [-0.4, -0.2) is 65.2 Å². The van der Waals surface area contributed by atoms with E-state index in [1.54, 1.807) is 11.3 Å². The number of nitrogens with zero attached hydrogens (tertiary/aromatic N) is 3. The summed E-state index contributed by atoms with van der Waals surface area (Å²) in [5, 5.41) is 13.9. The summed E-state index contributed by atoms with van der Waals surface area (Å²) in [6.07, 6.45) is 3.59. The number of thiophene rings is 2. The van der Waals surface area contributed by atoms with Crippen LogP contribution in [0.1, 0.15) is 34.6 Å². The fourth-order valence-electron chi connectivity index (χ4n) is 4.32. The maximum absolute atomic E-state index is 9.53. The third-order valence-electron chi connectivity index (χ3n) is 5.79. The molecule has 2 fully saturated rings. The molecule has 0 aliphatic carbocycles. The van der Waals surface area contributed by atoms with Gasteiger partial charge in [-0.05, 0) is 66.9 Å². The molecule has 4 heterocycles. The molecule has 0 amide bonds. The molecule has 2 aromatic heterocycles. The van der Waals surface area contributed by atoms with Crippen molar-refractivity contribution < 1.29 is 5.11 Å². The zero-order valence-corrected chi connectivity index (χ0v) is 17.7. The minimum absolute atomic E-state index is 0.275. The maximum atomic E-state index is 9.53. The Labute approximate surface area is 171 Å². The second-order valence-electron chi connectivity index (χ2n) is 7.85. The molecule has 0 saturated carbocycles. The van der Waals surface area contributed by atoms with E-state index in [1.807, 2.05) is 11.3 Å². The van der Waals surface area contributed by atoms with Crippen molar-refractivity contribution in [3.8, 4) is 0 Å². The van der Waals surface area contributed by atoms with E-state index in [4.69, 9.17) is 0 Å². The van der Waals surface area contributed by atoms with E-state index in [0.29, 0.717) is 6.04 Å². The molecule has 4 rings (SSSR count). The van der Waals surface area contributed by atoms with Gasteiger partial charge in [-0.1, -0.05) is 0 Å². The first-order valence-corrected chi connectivity index (χ1v) is 11.9. The van der Waals surface area contributed by atoms with Crippen molar-refractivity contribution in [1.82, 2.24) is 14.7 Å². The summed E-state index contributed by atoms with van der Waals surface area (Å²) in [6.45, 7) is 9.27. The minimum atomic E-state index is 0.275. The molecule has 4 nitrogen and oxygen atoms in total. The van der Waals surface area contributed by atoms with Crippen LogP contribution in [0.25, 0.3) is 0 Å². The van der Waals surface area contributed by atoms with Crippen LogP contribution in [0, 0.1) is 0 Å². The molecule has 1 atom stereocenters. The highest BCUT2D eigenvalue weighted by atomic mass is 32.1. The maximum Gasteiger partial charge on any atom is 0.0446 e. The molecular weight excluding hydrogens is 374 g/mol. The second kappa shape index (κ2) is 9.63. The SMILES string of the molecule is OCCC1CN(Cc2ccc(CN3CCCC3)s2)CCN1Cc1ccsc1. The van der Waals surface area contributed by atoms with Gasteiger partial charge in [0, 0.05) is 61.7 Å². The van der Waals surface area contributed by atoms with E-state index in [-0.39, 0.29) is 6.61 Å². The normalized spacial score (nSPS) is 22.6. The van der Waals surface area contributed by atoms with E-state index in [0.717, 1.165) is 45.7 Å². The molecular formula is C21H31N3OS2. The van der Waals surface area contributed by atoms with Crippen LogP contribution in [0.3, 0.4) is 0 Å². The fraction of sp³-hybridized carbons (Fsp3) is 0.619. The molecule has 0 aromatic carbocycles. The molecule has 2 aromatic rings. The number of hydrogen-bond acceptors (Lipinski definition) is 6. The lowest BCUT2D eigenvalue weighted by molar-refractivity contribution is 0.0505. The molecule has 6 heteroatoms. The van der Waals surface area contributed by atoms with E-state index >= 15 is 0 Å². The second-order valence-corrected chi connectivity index (χ2v) is 9.89. The lowest BCUT2D eigenvalue weighted by Crippen LogP contribution is -2.52. The Bertz CT molecular complexity index is 681. The quantitative estimate of drug-likeness (QED) is 0.728. The first kappa shape index (κ1) is 19.6. The topological polar surface area (TPSA) is 30.0 Å². The van der Waals surface area contributed by atoms with Crippen LogP contribution in [0.5, 0.6) is 0 Å². The summed E-state index contributed by atoms with van der Waals surface area (Å²) in [4.78, 5) is 10.7. The Hall–Kier alpha value is -0.760. The molecule has 148 valence electrons. The van der Waals surface area contributed by atoms with Crippen LogP contribution in [-0.2, 0) is 19.6 Å². The first-order chi connectivity index (χ1) is 13.3. The average molecular weight is 406 g/mol. The number of aliphatic hydroxyl groups excluding tert-OH is 1. The van der Waals surface area contributed by atoms with Crippen molar-refractivity contribution in [2.24, 2.45) is 0 Å². The summed E-state index contributed by atoms with van der Waals surface area (Å²) in [5.41, 5.74) is 1.40. The lowest BCUT2D eigenvalue weighted by Gasteiger charge is -2.41. The molecule has 2 aliphatic rings. The summed E-state index contributed by atoms with van der Waals surface area (Å²) < 4.78 is 0. The predicted octanol–water partition coefficient (Wildman–Crippen LogP) is 3.47. The van der Waals surface area contributed by atoms with Gasteiger partial charge in [-0.25, -0.2) is 0 Å². The van der Waals surface area contributed by atoms with Gasteiger partial charge in [0.15, 0.2) is 0 Å². The zero-order chi connectivity index (χ0) is 18.5. The smallest absolute Gasteiger partial charge is 0.0446 e. The van der Waals surface area contributed by atoms with Crippen LogP contribution in [0.2, 0.25) is 0 Å². The van der Waals surface area contributed by atoms with E-state index in [9.17, 15) is 5.11 Å². The van der Waals surface area contributed by atoms with Gasteiger partial charge < -0.3 is 5.11 Å². The average Bonchev–Trinajstić information content (AvgIpc) is 3.42. The highest BCUT2D eigenvalue weighted by Crippen LogP contribution is 2.24. The van der Waals surface area contributed by atoms with Gasteiger partial charge in [0.05, 0.1) is 0 Å². The third kappa shape index (κ3) is 5.40. The molecule has 1 N–H and O–H groups in total. The Morgan fingerprint density at radius 2 is 1.70 bits per heavy atom. The number of hydrogen-bond donors (Lipinski definition) is 1. The Balaban J connectivity index is 1.31. The highest BCUT2D eigenvalue weighted by Gasteiger charge is 2.27. The molecule has 27 heavy (non-hydrogen) atoms. The minimum Gasteiger partial charge on any atom is -0.396 e. The first-order valence-electron chi connectivity index (χ1n) is 10.2. The van der Waals surface area contributed by atoms with Crippen molar-refractivity contribution in [3.63, 3.8) is 0 Å². The van der Waals surface area contributed by atoms with Crippen molar-refractivity contribution in [3.05, 3.63) is 44.3 Å². The number of rotatable bonds is 8. The van der Waals surface area contributed by atoms with E-state index in [1.165, 1.54) is 41.2 Å². The van der Waals surface area contributed by atoms with Crippen molar-refractivity contribution in [1.29, 1.82) is 0 Å². The Morgan fingerprint density at radius 3 is 2.41 bits per heavy atom. The molecule has 2 aliphatic heterocycles. The van der Waals surface area contributed by atoms with Crippen molar-refractivity contribution in [2.45, 2.75) is 44.9 Å². The van der Waals surface area contributed by atoms with Gasteiger partial charge in [0.2, 0.25) is 0 Å². The van der Waals surface area contributed by atoms with Crippen LogP contribution in [0.15, 0.2) is 29.0 Å². The standard InChI is InChI=1S/C21H31N3OS2/c25-11-5-19-14-23(9-10-24(19)13-18-6-12-26-17-18)16-21-4-3-20(27-21)15-22-7-1-2-8-22/h3-4,6,12,17,19,25H,1-2,5,7-11,13-16H2. The molecule has 0 spiro atoms. The summed E-state index contributed by atoms with van der Waals surface area (Å²) in [6, 6.07) is 7.33. The highest BCUT2D eigenvalue weighted by molar-refractivity contribution is 7.12. The molecule has 1 unspecified atom stereocenters. The summed E-state index contributed by atoms with van der Waals surface area (Å²) in [7, 11) is 0. The largest absolute Gasteiger partial charge is 0.396 e. The molecule has 0 bridgehead atoms. The van der Waals surface area contributed by atoms with Crippen molar-refractivity contribution >= 4 is 22.7 Å². The van der Waals surface area contributed by atoms with Gasteiger partial charge in [0.25, 0.3) is 0 Å². The monoisotopic (exact) mass is 405 g/mol. The molecule has 2 saturated heterocycles. The summed E-state index contributed by atoms with van der Waals surface area (Å²) >= 11 is 3.76.